The van der Waals surface area contributed by atoms with Gasteiger partial charge in [0.15, 0.2) is 0 Å². The summed E-state index contributed by atoms with van der Waals surface area (Å²) in [5.41, 5.74) is 2.55. The van der Waals surface area contributed by atoms with Gasteiger partial charge in [0.25, 0.3) is 0 Å². The zero-order chi connectivity index (χ0) is 25.9. The zero-order valence-corrected chi connectivity index (χ0v) is 22.6. The lowest BCUT2D eigenvalue weighted by atomic mass is 9.86. The maximum absolute atomic E-state index is 9.94. The third-order valence-corrected chi connectivity index (χ3v) is 8.12. The van der Waals surface area contributed by atoms with Gasteiger partial charge in [0.05, 0.1) is 39.3 Å². The van der Waals surface area contributed by atoms with E-state index in [9.17, 15) is 5.26 Å². The molecule has 3 unspecified atom stereocenters. The van der Waals surface area contributed by atoms with E-state index >= 15 is 0 Å². The second kappa shape index (κ2) is 11.5. The summed E-state index contributed by atoms with van der Waals surface area (Å²) in [6, 6.07) is 8.32. The summed E-state index contributed by atoms with van der Waals surface area (Å²) in [7, 11) is 0. The van der Waals surface area contributed by atoms with Gasteiger partial charge in [0.1, 0.15) is 18.1 Å². The molecule has 4 heterocycles. The van der Waals surface area contributed by atoms with E-state index in [0.717, 1.165) is 49.1 Å². The second-order valence-electron chi connectivity index (χ2n) is 9.86. The quantitative estimate of drug-likeness (QED) is 0.409. The van der Waals surface area contributed by atoms with Crippen LogP contribution in [0, 0.1) is 17.2 Å². The second-order valence-corrected chi connectivity index (χ2v) is 10.7. The largest absolute Gasteiger partial charge is 0.486 e. The summed E-state index contributed by atoms with van der Waals surface area (Å²) in [4.78, 5) is 6.46. The number of nitrogens with zero attached hydrogens (tertiary/aromatic N) is 4. The number of piperidine rings is 2. The number of nitriles is 1. The van der Waals surface area contributed by atoms with Crippen LogP contribution in [0.5, 0.6) is 5.75 Å². The predicted octanol–water partition coefficient (Wildman–Crippen LogP) is 5.45. The molecule has 0 amide bonds. The van der Waals surface area contributed by atoms with Crippen molar-refractivity contribution in [2.75, 3.05) is 26.2 Å². The van der Waals surface area contributed by atoms with E-state index in [1.54, 1.807) is 12.4 Å². The summed E-state index contributed by atoms with van der Waals surface area (Å²) in [5.74, 6) is 0.522. The molecule has 10 heteroatoms. The first-order valence-corrected chi connectivity index (χ1v) is 13.7. The van der Waals surface area contributed by atoms with Gasteiger partial charge in [-0.25, -0.2) is 0 Å². The fraction of sp³-hybridized carbons (Fsp3) is 0.519. The van der Waals surface area contributed by atoms with Crippen LogP contribution < -0.4 is 10.1 Å². The summed E-state index contributed by atoms with van der Waals surface area (Å²) >= 11 is 12.6. The molecule has 5 rings (SSSR count). The number of hydrogen-bond acceptors (Lipinski definition) is 7. The maximum Gasteiger partial charge on any atom is 0.124 e. The van der Waals surface area contributed by atoms with Crippen molar-refractivity contribution in [1.29, 1.82) is 5.26 Å². The van der Waals surface area contributed by atoms with Crippen molar-refractivity contribution in [3.63, 3.8) is 0 Å². The van der Waals surface area contributed by atoms with Crippen LogP contribution in [0.15, 0.2) is 30.6 Å². The first-order chi connectivity index (χ1) is 18.0. The van der Waals surface area contributed by atoms with E-state index in [1.807, 2.05) is 25.1 Å². The van der Waals surface area contributed by atoms with Crippen molar-refractivity contribution >= 4 is 34.1 Å². The Kier molecular flexibility index (Phi) is 8.18. The Morgan fingerprint density at radius 2 is 1.97 bits per heavy atom. The number of aromatic nitrogens is 3. The normalized spacial score (nSPS) is 24.1. The van der Waals surface area contributed by atoms with Crippen molar-refractivity contribution in [2.45, 2.75) is 57.5 Å². The van der Waals surface area contributed by atoms with Crippen molar-refractivity contribution in [3.8, 4) is 11.8 Å². The molecule has 37 heavy (non-hydrogen) atoms. The molecule has 1 aromatic carbocycles. The fourth-order valence-corrected chi connectivity index (χ4v) is 6.10. The number of ether oxygens (including phenoxy) is 2. The van der Waals surface area contributed by atoms with Gasteiger partial charge in [-0.1, -0.05) is 30.1 Å². The number of aromatic amines is 1. The number of halogens is 2. The van der Waals surface area contributed by atoms with Crippen molar-refractivity contribution in [3.05, 3.63) is 51.9 Å². The molecule has 2 aromatic heterocycles. The first kappa shape index (κ1) is 26.2. The molecule has 2 aliphatic rings. The predicted molar refractivity (Wildman–Crippen MR) is 144 cm³/mol. The average molecular weight is 543 g/mol. The van der Waals surface area contributed by atoms with Gasteiger partial charge in [-0.3, -0.25) is 15.4 Å². The molecule has 2 N–H and O–H groups in total. The van der Waals surface area contributed by atoms with Crippen LogP contribution in [0.4, 0.5) is 0 Å². The minimum absolute atomic E-state index is 0.0805. The van der Waals surface area contributed by atoms with Crippen molar-refractivity contribution in [1.82, 2.24) is 25.4 Å². The lowest BCUT2D eigenvalue weighted by Gasteiger charge is -2.38. The summed E-state index contributed by atoms with van der Waals surface area (Å²) in [6.45, 7) is 7.97. The van der Waals surface area contributed by atoms with E-state index in [1.165, 1.54) is 0 Å². The van der Waals surface area contributed by atoms with Crippen LogP contribution in [0.2, 0.25) is 10.0 Å². The molecule has 0 saturated carbocycles. The Balaban J connectivity index is 1.28. The van der Waals surface area contributed by atoms with Gasteiger partial charge >= 0.3 is 0 Å². The minimum atomic E-state index is -0.364. The van der Waals surface area contributed by atoms with Crippen molar-refractivity contribution in [2.24, 2.45) is 5.92 Å². The summed E-state index contributed by atoms with van der Waals surface area (Å²) in [6.07, 6.45) is 5.41. The molecule has 2 aliphatic heterocycles. The molecule has 0 spiro atoms. The van der Waals surface area contributed by atoms with E-state index in [-0.39, 0.29) is 30.3 Å². The van der Waals surface area contributed by atoms with Gasteiger partial charge in [0, 0.05) is 48.9 Å². The Hall–Kier alpha value is -2.41. The lowest BCUT2D eigenvalue weighted by molar-refractivity contribution is -0.0829. The third kappa shape index (κ3) is 5.71. The number of fused-ring (bicyclic) bond motifs is 1. The smallest absolute Gasteiger partial charge is 0.124 e. The molecule has 196 valence electrons. The molecule has 4 atom stereocenters. The number of H-pyrrole nitrogens is 1. The lowest BCUT2D eigenvalue weighted by Crippen LogP contribution is -2.49. The molecule has 0 bridgehead atoms. The Morgan fingerprint density at radius 1 is 1.22 bits per heavy atom. The molecular formula is C27H32Cl2N6O2. The summed E-state index contributed by atoms with van der Waals surface area (Å²) in [5, 5.41) is 23.1. The SMILES string of the molecule is CCN1CCC(OC2NCC(c3n[nH]c4ccc(O[C@H](C)c5c(Cl)cncc5Cl)cc34)CC2C#N)CC1. The molecule has 2 saturated heterocycles. The number of benzene rings is 1. The molecular weight excluding hydrogens is 511 g/mol. The monoisotopic (exact) mass is 542 g/mol. The minimum Gasteiger partial charge on any atom is -0.486 e. The van der Waals surface area contributed by atoms with Gasteiger partial charge in [0.2, 0.25) is 0 Å². The number of pyridine rings is 1. The van der Waals surface area contributed by atoms with Gasteiger partial charge in [-0.05, 0) is 50.9 Å². The van der Waals surface area contributed by atoms with Crippen LogP contribution in [0.3, 0.4) is 0 Å². The number of hydrogen-bond donors (Lipinski definition) is 2. The first-order valence-electron chi connectivity index (χ1n) is 12.9. The zero-order valence-electron chi connectivity index (χ0n) is 21.1. The highest BCUT2D eigenvalue weighted by atomic mass is 35.5. The number of likely N-dealkylation sites (tertiary alicyclic amines) is 1. The number of rotatable bonds is 7. The highest BCUT2D eigenvalue weighted by Crippen LogP contribution is 2.36. The fourth-order valence-electron chi connectivity index (χ4n) is 5.43. The van der Waals surface area contributed by atoms with Crippen LogP contribution >= 0.6 is 23.2 Å². The van der Waals surface area contributed by atoms with Gasteiger partial charge in [-0.2, -0.15) is 10.4 Å². The van der Waals surface area contributed by atoms with Crippen LogP contribution in [0.25, 0.3) is 10.9 Å². The average Bonchev–Trinajstić information content (AvgIpc) is 3.32. The molecule has 8 nitrogen and oxygen atoms in total. The highest BCUT2D eigenvalue weighted by Gasteiger charge is 2.35. The Morgan fingerprint density at radius 3 is 2.68 bits per heavy atom. The van der Waals surface area contributed by atoms with E-state index < -0.39 is 0 Å². The van der Waals surface area contributed by atoms with E-state index in [2.05, 4.69) is 38.4 Å². The Labute approximate surface area is 227 Å². The summed E-state index contributed by atoms with van der Waals surface area (Å²) < 4.78 is 12.6. The van der Waals surface area contributed by atoms with Gasteiger partial charge < -0.3 is 14.4 Å². The van der Waals surface area contributed by atoms with Crippen LogP contribution in [0.1, 0.15) is 56.4 Å². The maximum atomic E-state index is 9.94. The molecule has 0 radical (unpaired) electrons. The van der Waals surface area contributed by atoms with Crippen molar-refractivity contribution < 1.29 is 9.47 Å². The van der Waals surface area contributed by atoms with E-state index in [0.29, 0.717) is 34.3 Å². The standard InChI is InChI=1S/C27H32Cl2N6O2/c1-3-35-8-6-19(7-9-35)37-27-17(12-30)10-18(13-32-27)26-21-11-20(4-5-24(21)33-34-26)36-16(2)25-22(28)14-31-15-23(25)29/h4-5,11,14-19,27,32H,3,6-10,13H2,1-2H3,(H,33,34)/t16-,17?,18?,27?/m1/s1. The molecule has 3 aromatic rings. The van der Waals surface area contributed by atoms with Crippen LogP contribution in [-0.2, 0) is 4.74 Å². The Bertz CT molecular complexity index is 1250. The molecule has 2 fully saturated rings. The highest BCUT2D eigenvalue weighted by molar-refractivity contribution is 6.35. The topological polar surface area (TPSA) is 99.1 Å². The van der Waals surface area contributed by atoms with Crippen LogP contribution in [-0.4, -0.2) is 58.6 Å². The van der Waals surface area contributed by atoms with Gasteiger partial charge in [-0.15, -0.1) is 0 Å². The number of nitrogens with one attached hydrogen (secondary N) is 2. The van der Waals surface area contributed by atoms with E-state index in [4.69, 9.17) is 32.7 Å². The third-order valence-electron chi connectivity index (χ3n) is 7.52. The molecule has 0 aliphatic carbocycles.